The molecule has 14 heavy (non-hydrogen) atoms. The van der Waals surface area contributed by atoms with Crippen LogP contribution in [0.25, 0.3) is 0 Å². The molecule has 1 heterocycles. The molecular formula is C10H20N4. The maximum absolute atomic E-state index is 5.56. The SMILES string of the molecule is CCC(CC)c1nnc(C)n1CCN. The number of aromatic nitrogens is 3. The first-order valence-corrected chi connectivity index (χ1v) is 5.34. The number of aryl methyl sites for hydroxylation is 1. The lowest BCUT2D eigenvalue weighted by molar-refractivity contribution is 0.544. The van der Waals surface area contributed by atoms with Crippen LogP contribution in [0.5, 0.6) is 0 Å². The van der Waals surface area contributed by atoms with Crippen LogP contribution in [-0.2, 0) is 6.54 Å². The Bertz CT molecular complexity index is 276. The third-order valence-corrected chi connectivity index (χ3v) is 2.67. The van der Waals surface area contributed by atoms with Crippen molar-refractivity contribution >= 4 is 0 Å². The summed E-state index contributed by atoms with van der Waals surface area (Å²) in [6, 6.07) is 0. The molecule has 0 atom stereocenters. The molecule has 1 aromatic rings. The molecule has 1 rings (SSSR count). The Hall–Kier alpha value is -0.900. The zero-order valence-electron chi connectivity index (χ0n) is 9.32. The predicted octanol–water partition coefficient (Wildman–Crippen LogP) is 1.45. The highest BCUT2D eigenvalue weighted by atomic mass is 15.3. The van der Waals surface area contributed by atoms with Crippen LogP contribution in [0.1, 0.15) is 44.3 Å². The predicted molar refractivity (Wildman–Crippen MR) is 57.1 cm³/mol. The van der Waals surface area contributed by atoms with Crippen LogP contribution < -0.4 is 5.73 Å². The van der Waals surface area contributed by atoms with Crippen LogP contribution in [0.3, 0.4) is 0 Å². The third kappa shape index (κ3) is 2.12. The average molecular weight is 196 g/mol. The molecule has 0 fully saturated rings. The van der Waals surface area contributed by atoms with E-state index in [4.69, 9.17) is 5.73 Å². The van der Waals surface area contributed by atoms with Gasteiger partial charge in [0.15, 0.2) is 0 Å². The molecule has 0 saturated carbocycles. The minimum atomic E-state index is 0.516. The fourth-order valence-corrected chi connectivity index (χ4v) is 1.76. The summed E-state index contributed by atoms with van der Waals surface area (Å²) in [7, 11) is 0. The van der Waals surface area contributed by atoms with Crippen molar-refractivity contribution in [2.24, 2.45) is 5.73 Å². The fraction of sp³-hybridized carbons (Fsp3) is 0.800. The molecule has 0 saturated heterocycles. The van der Waals surface area contributed by atoms with E-state index in [0.717, 1.165) is 31.0 Å². The first-order chi connectivity index (χ1) is 6.74. The Morgan fingerprint density at radius 3 is 2.43 bits per heavy atom. The smallest absolute Gasteiger partial charge is 0.136 e. The molecule has 0 amide bonds. The Balaban J connectivity index is 2.94. The Morgan fingerprint density at radius 2 is 1.93 bits per heavy atom. The molecular weight excluding hydrogens is 176 g/mol. The normalized spacial score (nSPS) is 11.2. The summed E-state index contributed by atoms with van der Waals surface area (Å²) in [5.74, 6) is 2.58. The minimum absolute atomic E-state index is 0.516. The lowest BCUT2D eigenvalue weighted by Gasteiger charge is -2.13. The van der Waals surface area contributed by atoms with Crippen LogP contribution >= 0.6 is 0 Å². The van der Waals surface area contributed by atoms with Gasteiger partial charge in [-0.25, -0.2) is 0 Å². The van der Waals surface area contributed by atoms with Crippen LogP contribution in [-0.4, -0.2) is 21.3 Å². The van der Waals surface area contributed by atoms with Crippen LogP contribution in [0.4, 0.5) is 0 Å². The van der Waals surface area contributed by atoms with Gasteiger partial charge >= 0.3 is 0 Å². The van der Waals surface area contributed by atoms with E-state index in [1.807, 2.05) is 6.92 Å². The molecule has 0 aliphatic rings. The van der Waals surface area contributed by atoms with Crippen molar-refractivity contribution in [3.8, 4) is 0 Å². The molecule has 2 N–H and O–H groups in total. The second-order valence-corrected chi connectivity index (χ2v) is 3.56. The maximum Gasteiger partial charge on any atom is 0.136 e. The topological polar surface area (TPSA) is 56.7 Å². The standard InChI is InChI=1S/C10H20N4/c1-4-9(5-2)10-13-12-8(3)14(10)7-6-11/h9H,4-7,11H2,1-3H3. The molecule has 0 aliphatic carbocycles. The summed E-state index contributed by atoms with van der Waals surface area (Å²) in [6.07, 6.45) is 2.22. The molecule has 0 bridgehead atoms. The molecule has 0 spiro atoms. The molecule has 0 aliphatic heterocycles. The van der Waals surface area contributed by atoms with Crippen LogP contribution in [0.2, 0.25) is 0 Å². The van der Waals surface area contributed by atoms with E-state index < -0.39 is 0 Å². The number of nitrogens with zero attached hydrogens (tertiary/aromatic N) is 3. The van der Waals surface area contributed by atoms with E-state index >= 15 is 0 Å². The van der Waals surface area contributed by atoms with E-state index in [1.54, 1.807) is 0 Å². The third-order valence-electron chi connectivity index (χ3n) is 2.67. The molecule has 0 radical (unpaired) electrons. The van der Waals surface area contributed by atoms with Gasteiger partial charge in [0.25, 0.3) is 0 Å². The van der Waals surface area contributed by atoms with Crippen molar-refractivity contribution in [2.45, 2.75) is 46.1 Å². The lowest BCUT2D eigenvalue weighted by atomic mass is 10.0. The van der Waals surface area contributed by atoms with Crippen molar-refractivity contribution in [1.82, 2.24) is 14.8 Å². The summed E-state index contributed by atoms with van der Waals surface area (Å²) in [4.78, 5) is 0. The first-order valence-electron chi connectivity index (χ1n) is 5.34. The number of rotatable bonds is 5. The molecule has 4 heteroatoms. The zero-order chi connectivity index (χ0) is 10.6. The van der Waals surface area contributed by atoms with Crippen molar-refractivity contribution in [1.29, 1.82) is 0 Å². The largest absolute Gasteiger partial charge is 0.329 e. The summed E-state index contributed by atoms with van der Waals surface area (Å²) in [5.41, 5.74) is 5.56. The Labute approximate surface area is 85.5 Å². The molecule has 4 nitrogen and oxygen atoms in total. The van der Waals surface area contributed by atoms with E-state index in [1.165, 1.54) is 0 Å². The van der Waals surface area contributed by atoms with Crippen LogP contribution in [0.15, 0.2) is 0 Å². The van der Waals surface area contributed by atoms with Crippen molar-refractivity contribution in [3.63, 3.8) is 0 Å². The van der Waals surface area contributed by atoms with Gasteiger partial charge in [0.05, 0.1) is 0 Å². The zero-order valence-corrected chi connectivity index (χ0v) is 9.32. The highest BCUT2D eigenvalue weighted by Gasteiger charge is 2.15. The second kappa shape index (κ2) is 5.10. The summed E-state index contributed by atoms with van der Waals surface area (Å²) < 4.78 is 2.14. The molecule has 80 valence electrons. The van der Waals surface area contributed by atoms with Gasteiger partial charge in [-0.15, -0.1) is 10.2 Å². The second-order valence-electron chi connectivity index (χ2n) is 3.56. The molecule has 0 unspecified atom stereocenters. The quantitative estimate of drug-likeness (QED) is 0.775. The van der Waals surface area contributed by atoms with Crippen LogP contribution in [0, 0.1) is 6.92 Å². The summed E-state index contributed by atoms with van der Waals surface area (Å²) >= 11 is 0. The van der Waals surface area contributed by atoms with E-state index in [-0.39, 0.29) is 0 Å². The average Bonchev–Trinajstić information content (AvgIpc) is 2.53. The first kappa shape index (κ1) is 11.2. The fourth-order valence-electron chi connectivity index (χ4n) is 1.76. The highest BCUT2D eigenvalue weighted by Crippen LogP contribution is 2.21. The van der Waals surface area contributed by atoms with Crippen molar-refractivity contribution in [3.05, 3.63) is 11.6 Å². The van der Waals surface area contributed by atoms with Gasteiger partial charge in [-0.05, 0) is 19.8 Å². The Kier molecular flexibility index (Phi) is 4.07. The number of hydrogen-bond donors (Lipinski definition) is 1. The van der Waals surface area contributed by atoms with E-state index in [0.29, 0.717) is 12.5 Å². The van der Waals surface area contributed by atoms with E-state index in [2.05, 4.69) is 28.6 Å². The monoisotopic (exact) mass is 196 g/mol. The maximum atomic E-state index is 5.56. The van der Waals surface area contributed by atoms with Gasteiger partial charge in [-0.2, -0.15) is 0 Å². The van der Waals surface area contributed by atoms with Gasteiger partial charge < -0.3 is 10.3 Å². The van der Waals surface area contributed by atoms with Crippen molar-refractivity contribution < 1.29 is 0 Å². The number of hydrogen-bond acceptors (Lipinski definition) is 3. The van der Waals surface area contributed by atoms with E-state index in [9.17, 15) is 0 Å². The van der Waals surface area contributed by atoms with Gasteiger partial charge in [0.2, 0.25) is 0 Å². The minimum Gasteiger partial charge on any atom is -0.329 e. The molecule has 0 aromatic carbocycles. The van der Waals surface area contributed by atoms with Gasteiger partial charge in [0.1, 0.15) is 11.6 Å². The van der Waals surface area contributed by atoms with Gasteiger partial charge in [0, 0.05) is 19.0 Å². The molecule has 1 aromatic heterocycles. The van der Waals surface area contributed by atoms with Crippen molar-refractivity contribution in [2.75, 3.05) is 6.54 Å². The Morgan fingerprint density at radius 1 is 1.29 bits per heavy atom. The van der Waals surface area contributed by atoms with Gasteiger partial charge in [-0.3, -0.25) is 0 Å². The van der Waals surface area contributed by atoms with Gasteiger partial charge in [-0.1, -0.05) is 13.8 Å². The lowest BCUT2D eigenvalue weighted by Crippen LogP contribution is -2.15. The summed E-state index contributed by atoms with van der Waals surface area (Å²) in [6.45, 7) is 7.82. The summed E-state index contributed by atoms with van der Waals surface area (Å²) in [5, 5.41) is 8.34. The number of nitrogens with two attached hydrogens (primary N) is 1. The highest BCUT2D eigenvalue weighted by molar-refractivity contribution is 5.00.